The van der Waals surface area contributed by atoms with Crippen LogP contribution in [0, 0.1) is 9.39 Å². The van der Waals surface area contributed by atoms with E-state index < -0.39 is 5.82 Å². The van der Waals surface area contributed by atoms with Crippen molar-refractivity contribution in [2.24, 2.45) is 5.73 Å². The van der Waals surface area contributed by atoms with Crippen LogP contribution in [-0.2, 0) is 0 Å². The maximum atomic E-state index is 13.2. The lowest BCUT2D eigenvalue weighted by Crippen LogP contribution is -2.18. The van der Waals surface area contributed by atoms with Gasteiger partial charge in [0.1, 0.15) is 10.8 Å². The van der Waals surface area contributed by atoms with Crippen LogP contribution in [0.15, 0.2) is 36.4 Å². The first kappa shape index (κ1) is 16.1. The molecule has 0 saturated heterocycles. The van der Waals surface area contributed by atoms with Gasteiger partial charge in [0.15, 0.2) is 0 Å². The summed E-state index contributed by atoms with van der Waals surface area (Å²) in [7, 11) is 0. The Morgan fingerprint density at radius 1 is 1.29 bits per heavy atom. The lowest BCUT2D eigenvalue weighted by Gasteiger charge is -2.10. The summed E-state index contributed by atoms with van der Waals surface area (Å²) in [6.45, 7) is 0. The molecule has 0 bridgehead atoms. The molecule has 0 radical (unpaired) electrons. The van der Waals surface area contributed by atoms with Gasteiger partial charge in [0, 0.05) is 14.7 Å². The molecule has 0 aliphatic rings. The Labute approximate surface area is 144 Å². The van der Waals surface area contributed by atoms with E-state index in [1.807, 2.05) is 0 Å². The first-order valence-electron chi connectivity index (χ1n) is 5.74. The Balaban J connectivity index is 2.31. The van der Waals surface area contributed by atoms with Crippen molar-refractivity contribution in [3.05, 3.63) is 61.9 Å². The van der Waals surface area contributed by atoms with Crippen molar-refractivity contribution in [3.8, 4) is 0 Å². The van der Waals surface area contributed by atoms with E-state index >= 15 is 0 Å². The van der Waals surface area contributed by atoms with Crippen molar-refractivity contribution in [3.63, 3.8) is 0 Å². The van der Waals surface area contributed by atoms with E-state index in [1.165, 1.54) is 18.2 Å². The average Bonchev–Trinajstić information content (AvgIpc) is 2.43. The van der Waals surface area contributed by atoms with E-state index in [0.29, 0.717) is 16.3 Å². The van der Waals surface area contributed by atoms with Gasteiger partial charge in [-0.25, -0.2) is 4.39 Å². The lowest BCUT2D eigenvalue weighted by atomic mass is 10.1. The van der Waals surface area contributed by atoms with Crippen LogP contribution in [0.2, 0.25) is 5.02 Å². The molecule has 108 valence electrons. The van der Waals surface area contributed by atoms with E-state index in [9.17, 15) is 9.18 Å². The standard InChI is InChI=1S/C14H9ClFIN2OS/c15-10-5-7(1-3-11(10)17)14(20)19-12-4-2-8(16)6-9(12)13(18)21/h1-6H,(H2,18,21)(H,19,20). The van der Waals surface area contributed by atoms with Gasteiger partial charge in [0.05, 0.1) is 10.7 Å². The summed E-state index contributed by atoms with van der Waals surface area (Å²) in [6, 6.07) is 8.75. The van der Waals surface area contributed by atoms with Gasteiger partial charge in [-0.05, 0) is 59.0 Å². The summed E-state index contributed by atoms with van der Waals surface area (Å²) in [5.41, 5.74) is 6.54. The van der Waals surface area contributed by atoms with Crippen LogP contribution >= 0.6 is 46.4 Å². The number of nitrogens with two attached hydrogens (primary N) is 1. The van der Waals surface area contributed by atoms with Gasteiger partial charge in [-0.15, -0.1) is 0 Å². The summed E-state index contributed by atoms with van der Waals surface area (Å²) in [6.07, 6.45) is 0. The van der Waals surface area contributed by atoms with Crippen LogP contribution in [0.4, 0.5) is 10.1 Å². The molecule has 0 unspecified atom stereocenters. The number of rotatable bonds is 3. The summed E-state index contributed by atoms with van der Waals surface area (Å²) < 4.78 is 14.1. The summed E-state index contributed by atoms with van der Waals surface area (Å²) in [4.78, 5) is 12.2. The van der Waals surface area contributed by atoms with Crippen LogP contribution in [-0.4, -0.2) is 10.9 Å². The topological polar surface area (TPSA) is 55.1 Å². The Bertz CT molecular complexity index is 739. The second kappa shape index (κ2) is 6.67. The molecule has 3 N–H and O–H groups in total. The molecule has 0 aliphatic heterocycles. The Kier molecular flexibility index (Phi) is 5.13. The van der Waals surface area contributed by atoms with Gasteiger partial charge in [-0.2, -0.15) is 0 Å². The summed E-state index contributed by atoms with van der Waals surface area (Å²) in [5.74, 6) is -0.856. The van der Waals surface area contributed by atoms with E-state index in [4.69, 9.17) is 29.6 Å². The van der Waals surface area contributed by atoms with Crippen LogP contribution in [0.25, 0.3) is 0 Å². The number of carbonyl (C=O) groups is 1. The minimum Gasteiger partial charge on any atom is -0.389 e. The molecule has 0 saturated carbocycles. The smallest absolute Gasteiger partial charge is 0.255 e. The highest BCUT2D eigenvalue weighted by molar-refractivity contribution is 14.1. The minimum atomic E-state index is -0.479. The number of benzene rings is 2. The molecule has 3 nitrogen and oxygen atoms in total. The first-order chi connectivity index (χ1) is 9.88. The van der Waals surface area contributed by atoms with Crippen LogP contribution < -0.4 is 11.1 Å². The Hall–Kier alpha value is -1.25. The zero-order valence-electron chi connectivity index (χ0n) is 10.5. The highest BCUT2D eigenvalue weighted by Gasteiger charge is 2.12. The lowest BCUT2D eigenvalue weighted by molar-refractivity contribution is 0.102. The normalized spacial score (nSPS) is 10.2. The van der Waals surface area contributed by atoms with Crippen molar-refractivity contribution in [2.45, 2.75) is 0 Å². The average molecular weight is 435 g/mol. The predicted octanol–water partition coefficient (Wildman–Crippen LogP) is 3.97. The third-order valence-electron chi connectivity index (χ3n) is 2.68. The van der Waals surface area contributed by atoms with Crippen molar-refractivity contribution in [1.29, 1.82) is 0 Å². The fraction of sp³-hybridized carbons (Fsp3) is 0. The highest BCUT2D eigenvalue weighted by Crippen LogP contribution is 2.22. The monoisotopic (exact) mass is 434 g/mol. The van der Waals surface area contributed by atoms with Gasteiger partial charge in [0.25, 0.3) is 5.91 Å². The molecule has 0 heterocycles. The van der Waals surface area contributed by atoms with E-state index in [0.717, 1.165) is 3.57 Å². The molecular formula is C14H9ClFIN2OS. The van der Waals surface area contributed by atoms with Crippen LogP contribution in [0.3, 0.4) is 0 Å². The molecule has 0 atom stereocenters. The molecule has 0 aliphatic carbocycles. The Morgan fingerprint density at radius 3 is 2.62 bits per heavy atom. The molecular weight excluding hydrogens is 426 g/mol. The zero-order chi connectivity index (χ0) is 15.6. The second-order valence-corrected chi connectivity index (χ2v) is 6.15. The maximum Gasteiger partial charge on any atom is 0.255 e. The van der Waals surface area contributed by atoms with Crippen molar-refractivity contribution in [2.75, 3.05) is 5.32 Å². The molecule has 21 heavy (non-hydrogen) atoms. The van der Waals surface area contributed by atoms with E-state index in [-0.39, 0.29) is 16.5 Å². The zero-order valence-corrected chi connectivity index (χ0v) is 14.2. The molecule has 7 heteroatoms. The van der Waals surface area contributed by atoms with Gasteiger partial charge < -0.3 is 11.1 Å². The largest absolute Gasteiger partial charge is 0.389 e. The van der Waals surface area contributed by atoms with Gasteiger partial charge >= 0.3 is 0 Å². The molecule has 2 aromatic carbocycles. The number of hydrogen-bond donors (Lipinski definition) is 2. The first-order valence-corrected chi connectivity index (χ1v) is 7.60. The second-order valence-electron chi connectivity index (χ2n) is 4.14. The number of hydrogen-bond acceptors (Lipinski definition) is 2. The van der Waals surface area contributed by atoms with Gasteiger partial charge in [-0.1, -0.05) is 23.8 Å². The quantitative estimate of drug-likeness (QED) is 0.568. The molecule has 0 spiro atoms. The fourth-order valence-electron chi connectivity index (χ4n) is 1.66. The maximum absolute atomic E-state index is 13.2. The van der Waals surface area contributed by atoms with Crippen LogP contribution in [0.1, 0.15) is 15.9 Å². The number of anilines is 1. The number of nitrogens with one attached hydrogen (secondary N) is 1. The van der Waals surface area contributed by atoms with E-state index in [1.54, 1.807) is 18.2 Å². The number of amides is 1. The minimum absolute atomic E-state index is 0.00504. The van der Waals surface area contributed by atoms with Crippen molar-refractivity contribution < 1.29 is 9.18 Å². The third kappa shape index (κ3) is 3.90. The molecule has 0 fully saturated rings. The summed E-state index contributed by atoms with van der Waals surface area (Å²) in [5, 5.41) is 3.13. The van der Waals surface area contributed by atoms with Crippen LogP contribution in [0.5, 0.6) is 0 Å². The van der Waals surface area contributed by atoms with Gasteiger partial charge in [-0.3, -0.25) is 4.79 Å². The fourth-order valence-corrected chi connectivity index (χ4v) is 2.35. The molecule has 1 amide bonds. The summed E-state index contributed by atoms with van der Waals surface area (Å²) >= 11 is 12.9. The number of halogens is 3. The van der Waals surface area contributed by atoms with Gasteiger partial charge in [0.2, 0.25) is 0 Å². The number of carbonyl (C=O) groups excluding carboxylic acids is 1. The van der Waals surface area contributed by atoms with Crippen molar-refractivity contribution in [1.82, 2.24) is 0 Å². The SMILES string of the molecule is NC(=S)c1cc(F)ccc1NC(=O)c1ccc(I)c(Cl)c1. The third-order valence-corrected chi connectivity index (χ3v) is 4.47. The van der Waals surface area contributed by atoms with Crippen molar-refractivity contribution >= 4 is 63.0 Å². The molecule has 0 aromatic heterocycles. The Morgan fingerprint density at radius 2 is 2.00 bits per heavy atom. The molecule has 2 aromatic rings. The van der Waals surface area contributed by atoms with E-state index in [2.05, 4.69) is 27.9 Å². The predicted molar refractivity (Wildman–Crippen MR) is 94.4 cm³/mol. The highest BCUT2D eigenvalue weighted by atomic mass is 127. The number of thiocarbonyl (C=S) groups is 1. The molecule has 2 rings (SSSR count).